The summed E-state index contributed by atoms with van der Waals surface area (Å²) in [6, 6.07) is 22.7. The predicted molar refractivity (Wildman–Crippen MR) is 147 cm³/mol. The maximum Gasteiger partial charge on any atom is 0.360 e. The fraction of sp³-hybridized carbons (Fsp3) is 0.267. The van der Waals surface area contributed by atoms with Crippen molar-refractivity contribution in [2.24, 2.45) is 0 Å². The Balaban J connectivity index is 1.27. The number of urea groups is 1. The molecule has 2 heterocycles. The number of nitrogens with one attached hydrogen (secondary N) is 2. The monoisotopic (exact) mass is 497 g/mol. The molecule has 0 spiro atoms. The first-order chi connectivity index (χ1) is 17.9. The van der Waals surface area contributed by atoms with Gasteiger partial charge in [0.1, 0.15) is 23.1 Å². The van der Waals surface area contributed by atoms with E-state index in [-0.39, 0.29) is 11.8 Å². The van der Waals surface area contributed by atoms with E-state index in [2.05, 4.69) is 34.7 Å². The van der Waals surface area contributed by atoms with Crippen LogP contribution in [0.15, 0.2) is 82.0 Å². The topological polar surface area (TPSA) is 83.8 Å². The molecule has 5 rings (SSSR count). The van der Waals surface area contributed by atoms with Crippen LogP contribution in [0.1, 0.15) is 29.5 Å². The number of piperidine rings is 1. The molecule has 190 valence electrons. The average molecular weight is 498 g/mol. The lowest BCUT2D eigenvalue weighted by Crippen LogP contribution is -2.35. The Morgan fingerprint density at radius 1 is 0.973 bits per heavy atom. The molecule has 37 heavy (non-hydrogen) atoms. The second-order valence-corrected chi connectivity index (χ2v) is 9.62. The van der Waals surface area contributed by atoms with E-state index in [0.29, 0.717) is 16.7 Å². The van der Waals surface area contributed by atoms with E-state index < -0.39 is 11.7 Å². The van der Waals surface area contributed by atoms with Gasteiger partial charge in [0.25, 0.3) is 0 Å². The van der Waals surface area contributed by atoms with Gasteiger partial charge < -0.3 is 24.7 Å². The number of amides is 2. The molecular formula is C30H31N3O4. The minimum absolute atomic E-state index is 0.0776. The lowest BCUT2D eigenvalue weighted by atomic mass is 10.0. The highest BCUT2D eigenvalue weighted by atomic mass is 16.5. The number of hydrogen-bond donors (Lipinski definition) is 2. The molecule has 0 aliphatic carbocycles. The van der Waals surface area contributed by atoms with Crippen molar-refractivity contribution in [3.63, 3.8) is 0 Å². The molecule has 7 heteroatoms. The van der Waals surface area contributed by atoms with Gasteiger partial charge in [0.05, 0.1) is 0 Å². The summed E-state index contributed by atoms with van der Waals surface area (Å²) < 4.78 is 11.8. The highest BCUT2D eigenvalue weighted by Crippen LogP contribution is 2.30. The first kappa shape index (κ1) is 24.6. The zero-order valence-corrected chi connectivity index (χ0v) is 21.1. The third-order valence-corrected chi connectivity index (χ3v) is 6.74. The third-order valence-electron chi connectivity index (χ3n) is 6.74. The minimum atomic E-state index is -0.611. The van der Waals surface area contributed by atoms with Gasteiger partial charge in [0, 0.05) is 29.7 Å². The highest BCUT2D eigenvalue weighted by Gasteiger charge is 2.20. The highest BCUT2D eigenvalue weighted by molar-refractivity contribution is 6.00. The first-order valence-corrected chi connectivity index (χ1v) is 12.6. The maximum absolute atomic E-state index is 12.7. The van der Waals surface area contributed by atoms with Crippen LogP contribution in [0.5, 0.6) is 5.75 Å². The van der Waals surface area contributed by atoms with E-state index in [4.69, 9.17) is 9.15 Å². The Labute approximate surface area is 216 Å². The van der Waals surface area contributed by atoms with Gasteiger partial charge >= 0.3 is 11.7 Å². The van der Waals surface area contributed by atoms with Crippen molar-refractivity contribution in [2.45, 2.75) is 32.3 Å². The standard InChI is InChI=1S/C30H31N3O4/c1-20-27(36-25-13-15-33(2)16-14-25)12-11-23-19-26(29(34)37-28(20)23)32-30(35)31-24-10-6-9-22(18-24)17-21-7-4-3-5-8-21/h3-12,18-19,25H,13-17H2,1-2H3,(H2,31,32,35). The number of likely N-dealkylation sites (tertiary alicyclic amines) is 1. The van der Waals surface area contributed by atoms with E-state index in [1.165, 1.54) is 5.56 Å². The molecule has 1 aliphatic rings. The Morgan fingerprint density at radius 2 is 1.73 bits per heavy atom. The minimum Gasteiger partial charge on any atom is -0.490 e. The number of carbonyl (C=O) groups is 1. The summed E-state index contributed by atoms with van der Waals surface area (Å²) in [6.07, 6.45) is 2.83. The van der Waals surface area contributed by atoms with Crippen molar-refractivity contribution in [1.29, 1.82) is 0 Å². The molecule has 1 fully saturated rings. The third kappa shape index (κ3) is 6.01. The van der Waals surface area contributed by atoms with Crippen LogP contribution in [0, 0.1) is 6.92 Å². The van der Waals surface area contributed by atoms with Gasteiger partial charge in [0.15, 0.2) is 0 Å². The lowest BCUT2D eigenvalue weighted by Gasteiger charge is -2.29. The number of benzene rings is 3. The summed E-state index contributed by atoms with van der Waals surface area (Å²) in [6.45, 7) is 3.89. The molecule has 0 atom stereocenters. The Bertz CT molecular complexity index is 1460. The van der Waals surface area contributed by atoms with Gasteiger partial charge in [-0.1, -0.05) is 42.5 Å². The summed E-state index contributed by atoms with van der Waals surface area (Å²) in [5.74, 6) is 0.721. The molecule has 2 amide bonds. The number of ether oxygens (including phenoxy) is 1. The zero-order chi connectivity index (χ0) is 25.8. The van der Waals surface area contributed by atoms with E-state index in [9.17, 15) is 9.59 Å². The largest absolute Gasteiger partial charge is 0.490 e. The zero-order valence-electron chi connectivity index (χ0n) is 21.1. The lowest BCUT2D eigenvalue weighted by molar-refractivity contribution is 0.113. The molecule has 4 aromatic rings. The average Bonchev–Trinajstić information content (AvgIpc) is 2.89. The smallest absolute Gasteiger partial charge is 0.360 e. The van der Waals surface area contributed by atoms with E-state index >= 15 is 0 Å². The molecule has 2 N–H and O–H groups in total. The van der Waals surface area contributed by atoms with Crippen LogP contribution in [0.25, 0.3) is 11.0 Å². The summed E-state index contributed by atoms with van der Waals surface area (Å²) in [4.78, 5) is 27.7. The second-order valence-electron chi connectivity index (χ2n) is 9.62. The quantitative estimate of drug-likeness (QED) is 0.329. The number of nitrogens with zero attached hydrogens (tertiary/aromatic N) is 1. The van der Waals surface area contributed by atoms with Gasteiger partial charge in [-0.05, 0) is 74.7 Å². The molecule has 1 saturated heterocycles. The fourth-order valence-corrected chi connectivity index (χ4v) is 4.68. The van der Waals surface area contributed by atoms with Gasteiger partial charge in [-0.25, -0.2) is 9.59 Å². The molecule has 0 radical (unpaired) electrons. The van der Waals surface area contributed by atoms with Gasteiger partial charge in [-0.15, -0.1) is 0 Å². The van der Waals surface area contributed by atoms with E-state index in [1.54, 1.807) is 6.07 Å². The molecule has 7 nitrogen and oxygen atoms in total. The molecule has 1 aliphatic heterocycles. The molecular weight excluding hydrogens is 466 g/mol. The van der Waals surface area contributed by atoms with Crippen molar-refractivity contribution in [3.05, 3.63) is 99.9 Å². The molecule has 1 aromatic heterocycles. The van der Waals surface area contributed by atoms with E-state index in [0.717, 1.165) is 49.2 Å². The van der Waals surface area contributed by atoms with Crippen molar-refractivity contribution in [1.82, 2.24) is 4.90 Å². The van der Waals surface area contributed by atoms with Gasteiger partial charge in [-0.3, -0.25) is 0 Å². The number of aryl methyl sites for hydroxylation is 1. The van der Waals surface area contributed by atoms with Crippen LogP contribution < -0.4 is 21.0 Å². The Kier molecular flexibility index (Phi) is 7.23. The van der Waals surface area contributed by atoms with Crippen LogP contribution in [0.3, 0.4) is 0 Å². The fourth-order valence-electron chi connectivity index (χ4n) is 4.68. The van der Waals surface area contributed by atoms with Crippen molar-refractivity contribution in [3.8, 4) is 5.75 Å². The Hall–Kier alpha value is -4.10. The number of hydrogen-bond acceptors (Lipinski definition) is 5. The van der Waals surface area contributed by atoms with Crippen LogP contribution >= 0.6 is 0 Å². The van der Waals surface area contributed by atoms with Crippen LogP contribution in [0.4, 0.5) is 16.2 Å². The van der Waals surface area contributed by atoms with Crippen LogP contribution in [-0.4, -0.2) is 37.2 Å². The van der Waals surface area contributed by atoms with Gasteiger partial charge in [-0.2, -0.15) is 0 Å². The molecule has 0 saturated carbocycles. The summed E-state index contributed by atoms with van der Waals surface area (Å²) >= 11 is 0. The summed E-state index contributed by atoms with van der Waals surface area (Å²) in [5, 5.41) is 6.15. The van der Waals surface area contributed by atoms with Crippen LogP contribution in [-0.2, 0) is 6.42 Å². The van der Waals surface area contributed by atoms with Gasteiger partial charge in [0.2, 0.25) is 0 Å². The van der Waals surface area contributed by atoms with Crippen LogP contribution in [0.2, 0.25) is 0 Å². The first-order valence-electron chi connectivity index (χ1n) is 12.6. The Morgan fingerprint density at radius 3 is 2.51 bits per heavy atom. The molecule has 0 bridgehead atoms. The predicted octanol–water partition coefficient (Wildman–Crippen LogP) is 5.81. The second kappa shape index (κ2) is 10.9. The van der Waals surface area contributed by atoms with E-state index in [1.807, 2.05) is 61.5 Å². The van der Waals surface area contributed by atoms with Crippen molar-refractivity contribution < 1.29 is 13.9 Å². The normalized spacial score (nSPS) is 14.4. The SMILES string of the molecule is Cc1c(OC2CCN(C)CC2)ccc2cc(NC(=O)Nc3cccc(Cc4ccccc4)c3)c(=O)oc12. The number of carbonyl (C=O) groups excluding carboxylic acids is 1. The number of anilines is 2. The summed E-state index contributed by atoms with van der Waals surface area (Å²) in [5.41, 5.74) is 3.61. The maximum atomic E-state index is 12.7. The molecule has 3 aromatic carbocycles. The molecule has 0 unspecified atom stereocenters. The number of rotatable bonds is 6. The summed E-state index contributed by atoms with van der Waals surface area (Å²) in [7, 11) is 2.11. The van der Waals surface area contributed by atoms with Crippen molar-refractivity contribution in [2.75, 3.05) is 30.8 Å². The number of fused-ring (bicyclic) bond motifs is 1. The van der Waals surface area contributed by atoms with Crippen molar-refractivity contribution >= 4 is 28.4 Å².